The van der Waals surface area contributed by atoms with Gasteiger partial charge < -0.3 is 15.8 Å². The molecule has 0 aliphatic carbocycles. The number of aromatic nitrogens is 2. The Morgan fingerprint density at radius 3 is 2.58 bits per heavy atom. The molecule has 1 aromatic heterocycles. The zero-order valence-corrected chi connectivity index (χ0v) is 11.6. The number of aliphatic hydroxyl groups excluding tert-OH is 1. The molecule has 0 radical (unpaired) electrons. The van der Waals surface area contributed by atoms with Gasteiger partial charge in [0, 0.05) is 6.54 Å². The van der Waals surface area contributed by atoms with Gasteiger partial charge in [-0.1, -0.05) is 30.3 Å². The maximum Gasteiger partial charge on any atom is 0.159 e. The second-order valence-electron chi connectivity index (χ2n) is 3.84. The molecule has 1 atom stereocenters. The minimum absolute atomic E-state index is 0.337. The Hall–Kier alpha value is -1.70. The Balaban J connectivity index is 2.03. The molecule has 0 amide bonds. The molecule has 0 saturated carbocycles. The number of halogens is 1. The van der Waals surface area contributed by atoms with E-state index in [4.69, 9.17) is 5.84 Å². The highest BCUT2D eigenvalue weighted by molar-refractivity contribution is 9.10. The Labute approximate surface area is 119 Å². The van der Waals surface area contributed by atoms with Crippen molar-refractivity contribution in [2.45, 2.75) is 6.10 Å². The number of hydrogen-bond donors (Lipinski definition) is 4. The van der Waals surface area contributed by atoms with Gasteiger partial charge in [0.1, 0.15) is 16.6 Å². The zero-order valence-electron chi connectivity index (χ0n) is 10.0. The number of anilines is 2. The van der Waals surface area contributed by atoms with E-state index < -0.39 is 6.10 Å². The summed E-state index contributed by atoms with van der Waals surface area (Å²) >= 11 is 3.34. The Morgan fingerprint density at radius 1 is 1.21 bits per heavy atom. The second kappa shape index (κ2) is 6.46. The molecule has 5 N–H and O–H groups in total. The van der Waals surface area contributed by atoms with Crippen LogP contribution in [0, 0.1) is 0 Å². The first kappa shape index (κ1) is 13.7. The molecule has 0 aliphatic rings. The molecule has 19 heavy (non-hydrogen) atoms. The highest BCUT2D eigenvalue weighted by atomic mass is 79.9. The number of nitrogens with zero attached hydrogens (tertiary/aromatic N) is 2. The number of aliphatic hydroxyl groups is 1. The van der Waals surface area contributed by atoms with Gasteiger partial charge in [-0.05, 0) is 21.5 Å². The highest BCUT2D eigenvalue weighted by Gasteiger charge is 2.10. The number of benzene rings is 1. The quantitative estimate of drug-likeness (QED) is 0.494. The number of nitrogens with one attached hydrogen (secondary N) is 2. The second-order valence-corrected chi connectivity index (χ2v) is 4.63. The van der Waals surface area contributed by atoms with Crippen LogP contribution in [-0.2, 0) is 0 Å². The van der Waals surface area contributed by atoms with E-state index in [-0.39, 0.29) is 0 Å². The topological polar surface area (TPSA) is 96.1 Å². The van der Waals surface area contributed by atoms with Crippen LogP contribution in [0.4, 0.5) is 11.6 Å². The van der Waals surface area contributed by atoms with Crippen LogP contribution >= 0.6 is 15.9 Å². The van der Waals surface area contributed by atoms with Crippen LogP contribution in [0.2, 0.25) is 0 Å². The summed E-state index contributed by atoms with van der Waals surface area (Å²) < 4.78 is 0.623. The molecular formula is C12H14BrN5O. The fraction of sp³-hybridized carbons (Fsp3) is 0.167. The van der Waals surface area contributed by atoms with Crippen molar-refractivity contribution in [1.29, 1.82) is 0 Å². The number of rotatable bonds is 5. The minimum atomic E-state index is -0.614. The van der Waals surface area contributed by atoms with Crippen LogP contribution < -0.4 is 16.6 Å². The van der Waals surface area contributed by atoms with Crippen molar-refractivity contribution in [2.75, 3.05) is 17.3 Å². The highest BCUT2D eigenvalue weighted by Crippen LogP contribution is 2.26. The van der Waals surface area contributed by atoms with Crippen LogP contribution in [-0.4, -0.2) is 21.6 Å². The van der Waals surface area contributed by atoms with Gasteiger partial charge in [-0.2, -0.15) is 0 Å². The van der Waals surface area contributed by atoms with Crippen LogP contribution in [0.25, 0.3) is 0 Å². The number of hydrazine groups is 1. The van der Waals surface area contributed by atoms with Gasteiger partial charge in [-0.25, -0.2) is 15.8 Å². The van der Waals surface area contributed by atoms with Crippen LogP contribution in [0.1, 0.15) is 11.7 Å². The molecule has 0 bridgehead atoms. The van der Waals surface area contributed by atoms with Gasteiger partial charge in [0.15, 0.2) is 5.82 Å². The summed E-state index contributed by atoms with van der Waals surface area (Å²) in [5.74, 6) is 6.37. The first-order valence-corrected chi connectivity index (χ1v) is 6.45. The van der Waals surface area contributed by atoms with Gasteiger partial charge in [0.2, 0.25) is 0 Å². The lowest BCUT2D eigenvalue weighted by Gasteiger charge is -2.14. The molecule has 0 saturated heterocycles. The maximum absolute atomic E-state index is 10.0. The van der Waals surface area contributed by atoms with E-state index in [0.717, 1.165) is 5.56 Å². The normalized spacial score (nSPS) is 11.9. The largest absolute Gasteiger partial charge is 0.387 e. The molecule has 2 rings (SSSR count). The molecule has 7 heteroatoms. The van der Waals surface area contributed by atoms with Gasteiger partial charge in [0.05, 0.1) is 6.10 Å². The van der Waals surface area contributed by atoms with Crippen molar-refractivity contribution in [2.24, 2.45) is 5.84 Å². The molecule has 2 aromatic rings. The molecule has 0 spiro atoms. The first-order chi connectivity index (χ1) is 9.22. The van der Waals surface area contributed by atoms with E-state index in [1.807, 2.05) is 30.3 Å². The van der Waals surface area contributed by atoms with Crippen LogP contribution in [0.5, 0.6) is 0 Å². The Kier molecular flexibility index (Phi) is 4.67. The van der Waals surface area contributed by atoms with Gasteiger partial charge >= 0.3 is 0 Å². The summed E-state index contributed by atoms with van der Waals surface area (Å²) in [6, 6.07) is 9.41. The van der Waals surface area contributed by atoms with E-state index in [1.165, 1.54) is 6.33 Å². The molecule has 1 aromatic carbocycles. The van der Waals surface area contributed by atoms with E-state index in [2.05, 4.69) is 36.6 Å². The van der Waals surface area contributed by atoms with E-state index in [1.54, 1.807) is 0 Å². The van der Waals surface area contributed by atoms with Crippen molar-refractivity contribution in [1.82, 2.24) is 9.97 Å². The Morgan fingerprint density at radius 2 is 1.89 bits per heavy atom. The van der Waals surface area contributed by atoms with Gasteiger partial charge in [0.25, 0.3) is 0 Å². The molecule has 0 aliphatic heterocycles. The van der Waals surface area contributed by atoms with Crippen molar-refractivity contribution in [3.8, 4) is 0 Å². The average Bonchev–Trinajstić information content (AvgIpc) is 2.47. The van der Waals surface area contributed by atoms with Gasteiger partial charge in [-0.15, -0.1) is 0 Å². The lowest BCUT2D eigenvalue weighted by molar-refractivity contribution is 0.191. The summed E-state index contributed by atoms with van der Waals surface area (Å²) in [6.07, 6.45) is 0.773. The van der Waals surface area contributed by atoms with Crippen molar-refractivity contribution in [3.63, 3.8) is 0 Å². The lowest BCUT2D eigenvalue weighted by atomic mass is 10.1. The number of nitrogen functional groups attached to an aromatic ring is 1. The molecule has 0 fully saturated rings. The number of nitrogens with two attached hydrogens (primary N) is 1. The van der Waals surface area contributed by atoms with E-state index >= 15 is 0 Å². The first-order valence-electron chi connectivity index (χ1n) is 5.66. The third-order valence-corrected chi connectivity index (χ3v) is 3.32. The average molecular weight is 324 g/mol. The fourth-order valence-corrected chi connectivity index (χ4v) is 2.04. The predicted molar refractivity (Wildman–Crippen MR) is 77.4 cm³/mol. The van der Waals surface area contributed by atoms with E-state index in [9.17, 15) is 5.11 Å². The third kappa shape index (κ3) is 3.40. The van der Waals surface area contributed by atoms with Crippen LogP contribution in [0.3, 0.4) is 0 Å². The molecule has 100 valence electrons. The zero-order chi connectivity index (χ0) is 13.7. The third-order valence-electron chi connectivity index (χ3n) is 2.57. The fourth-order valence-electron chi connectivity index (χ4n) is 1.58. The maximum atomic E-state index is 10.0. The molecule has 1 heterocycles. The van der Waals surface area contributed by atoms with Crippen molar-refractivity contribution < 1.29 is 5.11 Å². The lowest BCUT2D eigenvalue weighted by Crippen LogP contribution is -2.15. The molecular weight excluding hydrogens is 310 g/mol. The number of hydrogen-bond acceptors (Lipinski definition) is 6. The molecule has 1 unspecified atom stereocenters. The minimum Gasteiger partial charge on any atom is -0.387 e. The molecule has 6 nitrogen and oxygen atoms in total. The summed E-state index contributed by atoms with van der Waals surface area (Å²) in [4.78, 5) is 8.02. The van der Waals surface area contributed by atoms with Crippen molar-refractivity contribution >= 4 is 27.6 Å². The van der Waals surface area contributed by atoms with Gasteiger partial charge in [-0.3, -0.25) is 0 Å². The Bertz CT molecular complexity index is 537. The monoisotopic (exact) mass is 323 g/mol. The predicted octanol–water partition coefficient (Wildman–Crippen LogP) is 1.67. The smallest absolute Gasteiger partial charge is 0.159 e. The van der Waals surface area contributed by atoms with Crippen molar-refractivity contribution in [3.05, 3.63) is 46.7 Å². The summed E-state index contributed by atoms with van der Waals surface area (Å²) in [5, 5.41) is 13.1. The summed E-state index contributed by atoms with van der Waals surface area (Å²) in [6.45, 7) is 0.337. The van der Waals surface area contributed by atoms with E-state index in [0.29, 0.717) is 22.7 Å². The summed E-state index contributed by atoms with van der Waals surface area (Å²) in [5.41, 5.74) is 3.30. The SMILES string of the molecule is NNc1ncnc(NCC(O)c2ccccc2)c1Br. The summed E-state index contributed by atoms with van der Waals surface area (Å²) in [7, 11) is 0. The van der Waals surface area contributed by atoms with Crippen LogP contribution in [0.15, 0.2) is 41.1 Å². The standard InChI is InChI=1S/C12H14BrN5O/c13-10-11(16-7-17-12(10)18-14)15-6-9(19)8-4-2-1-3-5-8/h1-5,7,9,19H,6,14H2,(H2,15,16,17,18).